The highest BCUT2D eigenvalue weighted by atomic mass is 35.5. The van der Waals surface area contributed by atoms with E-state index in [1.165, 1.54) is 25.9 Å². The van der Waals surface area contributed by atoms with Gasteiger partial charge in [-0.25, -0.2) is 0 Å². The molecule has 1 aromatic rings. The third kappa shape index (κ3) is 6.06. The van der Waals surface area contributed by atoms with Gasteiger partial charge in [0.2, 0.25) is 5.91 Å². The summed E-state index contributed by atoms with van der Waals surface area (Å²) in [5.41, 5.74) is 0.963. The Balaban J connectivity index is 1.61. The van der Waals surface area contributed by atoms with E-state index in [9.17, 15) is 4.79 Å². The van der Waals surface area contributed by atoms with Gasteiger partial charge < -0.3 is 10.2 Å². The van der Waals surface area contributed by atoms with Crippen molar-refractivity contribution < 1.29 is 4.79 Å². The van der Waals surface area contributed by atoms with Crippen LogP contribution in [-0.4, -0.2) is 37.0 Å². The molecule has 1 amide bonds. The average Bonchev–Trinajstić information content (AvgIpc) is 2.44. The van der Waals surface area contributed by atoms with Crippen molar-refractivity contribution >= 4 is 17.5 Å². The Bertz CT molecular complexity index is 464. The topological polar surface area (TPSA) is 32.3 Å². The summed E-state index contributed by atoms with van der Waals surface area (Å²) in [7, 11) is 0. The summed E-state index contributed by atoms with van der Waals surface area (Å²) in [4.78, 5) is 14.4. The highest BCUT2D eigenvalue weighted by Gasteiger charge is 2.15. The predicted molar refractivity (Wildman–Crippen MR) is 87.6 cm³/mol. The minimum absolute atomic E-state index is 0.0734. The summed E-state index contributed by atoms with van der Waals surface area (Å²) in [5, 5.41) is 3.67. The van der Waals surface area contributed by atoms with E-state index in [4.69, 9.17) is 11.6 Å². The van der Waals surface area contributed by atoms with Crippen molar-refractivity contribution in [1.82, 2.24) is 10.2 Å². The fourth-order valence-electron chi connectivity index (χ4n) is 2.92. The molecule has 1 aromatic carbocycles. The molecule has 0 aliphatic carbocycles. The van der Waals surface area contributed by atoms with E-state index < -0.39 is 0 Å². The minimum Gasteiger partial charge on any atom is -0.356 e. The lowest BCUT2D eigenvalue weighted by molar-refractivity contribution is -0.120. The van der Waals surface area contributed by atoms with Gasteiger partial charge in [-0.15, -0.1) is 0 Å². The zero-order chi connectivity index (χ0) is 15.1. The molecular formula is C17H25ClN2O. The molecule has 1 aliphatic heterocycles. The number of hydrogen-bond donors (Lipinski definition) is 1. The van der Waals surface area contributed by atoms with Gasteiger partial charge >= 0.3 is 0 Å². The average molecular weight is 309 g/mol. The first-order valence-electron chi connectivity index (χ1n) is 7.87. The normalized spacial score (nSPS) is 19.4. The Kier molecular flexibility index (Phi) is 6.52. The van der Waals surface area contributed by atoms with Gasteiger partial charge in [0, 0.05) is 18.1 Å². The summed E-state index contributed by atoms with van der Waals surface area (Å²) in [6.45, 7) is 6.57. The van der Waals surface area contributed by atoms with Crippen LogP contribution in [0, 0.1) is 5.92 Å². The maximum Gasteiger partial charge on any atom is 0.224 e. The summed E-state index contributed by atoms with van der Waals surface area (Å²) >= 11 is 5.92. The number of benzene rings is 1. The van der Waals surface area contributed by atoms with Crippen molar-refractivity contribution in [2.75, 3.05) is 26.2 Å². The molecule has 0 aromatic heterocycles. The lowest BCUT2D eigenvalue weighted by Crippen LogP contribution is -2.36. The van der Waals surface area contributed by atoms with Gasteiger partial charge in [-0.2, -0.15) is 0 Å². The molecule has 21 heavy (non-hydrogen) atoms. The van der Waals surface area contributed by atoms with Crippen LogP contribution in [0.4, 0.5) is 0 Å². The smallest absolute Gasteiger partial charge is 0.224 e. The summed E-state index contributed by atoms with van der Waals surface area (Å²) in [6.07, 6.45) is 4.09. The number of carbonyl (C=O) groups excluding carboxylic acids is 1. The Morgan fingerprint density at radius 1 is 1.48 bits per heavy atom. The van der Waals surface area contributed by atoms with Crippen LogP contribution in [0.2, 0.25) is 5.02 Å². The third-order valence-corrected chi connectivity index (χ3v) is 4.20. The molecular weight excluding hydrogens is 284 g/mol. The molecule has 1 N–H and O–H groups in total. The van der Waals surface area contributed by atoms with Gasteiger partial charge in [0.25, 0.3) is 0 Å². The molecule has 3 nitrogen and oxygen atoms in total. The van der Waals surface area contributed by atoms with Crippen molar-refractivity contribution in [2.24, 2.45) is 5.92 Å². The zero-order valence-corrected chi connectivity index (χ0v) is 13.5. The number of amides is 1. The second kappa shape index (κ2) is 8.40. The molecule has 4 heteroatoms. The highest BCUT2D eigenvalue weighted by Crippen LogP contribution is 2.15. The molecule has 1 saturated heterocycles. The molecule has 1 fully saturated rings. The van der Waals surface area contributed by atoms with Crippen molar-refractivity contribution in [3.63, 3.8) is 0 Å². The summed E-state index contributed by atoms with van der Waals surface area (Å²) < 4.78 is 0. The molecule has 2 rings (SSSR count). The van der Waals surface area contributed by atoms with Crippen LogP contribution in [0.15, 0.2) is 24.3 Å². The van der Waals surface area contributed by atoms with E-state index in [1.54, 1.807) is 0 Å². The maximum atomic E-state index is 11.9. The standard InChI is InChI=1S/C17H25ClN2O/c1-14-5-3-9-20(13-14)10-4-8-19-17(21)12-15-6-2-7-16(18)11-15/h2,6-7,11,14H,3-5,8-10,12-13H2,1H3,(H,19,21)/t14-/m0/s1. The van der Waals surface area contributed by atoms with Gasteiger partial charge in [0.05, 0.1) is 6.42 Å². The van der Waals surface area contributed by atoms with E-state index >= 15 is 0 Å². The van der Waals surface area contributed by atoms with Crippen molar-refractivity contribution in [3.05, 3.63) is 34.9 Å². The molecule has 1 atom stereocenters. The van der Waals surface area contributed by atoms with Crippen molar-refractivity contribution in [3.8, 4) is 0 Å². The van der Waals surface area contributed by atoms with E-state index in [1.807, 2.05) is 24.3 Å². The lowest BCUT2D eigenvalue weighted by Gasteiger charge is -2.30. The molecule has 0 bridgehead atoms. The van der Waals surface area contributed by atoms with Crippen LogP contribution in [0.3, 0.4) is 0 Å². The third-order valence-electron chi connectivity index (χ3n) is 3.97. The van der Waals surface area contributed by atoms with E-state index in [-0.39, 0.29) is 5.91 Å². The van der Waals surface area contributed by atoms with Crippen LogP contribution >= 0.6 is 11.6 Å². The molecule has 1 aliphatic rings. The number of rotatable bonds is 6. The zero-order valence-electron chi connectivity index (χ0n) is 12.8. The quantitative estimate of drug-likeness (QED) is 0.819. The van der Waals surface area contributed by atoms with Crippen molar-refractivity contribution in [2.45, 2.75) is 32.6 Å². The second-order valence-corrected chi connectivity index (χ2v) is 6.49. The lowest BCUT2D eigenvalue weighted by atomic mass is 10.0. The van der Waals surface area contributed by atoms with Crippen LogP contribution in [-0.2, 0) is 11.2 Å². The van der Waals surface area contributed by atoms with Gasteiger partial charge in [0.15, 0.2) is 0 Å². The molecule has 0 unspecified atom stereocenters. The largest absolute Gasteiger partial charge is 0.356 e. The fourth-order valence-corrected chi connectivity index (χ4v) is 3.13. The van der Waals surface area contributed by atoms with Gasteiger partial charge in [-0.3, -0.25) is 4.79 Å². The van der Waals surface area contributed by atoms with Gasteiger partial charge in [-0.1, -0.05) is 30.7 Å². The van der Waals surface area contributed by atoms with Crippen LogP contribution in [0.5, 0.6) is 0 Å². The van der Waals surface area contributed by atoms with Gasteiger partial charge in [-0.05, 0) is 56.0 Å². The van der Waals surface area contributed by atoms with Crippen LogP contribution < -0.4 is 5.32 Å². The summed E-state index contributed by atoms with van der Waals surface area (Å²) in [5.74, 6) is 0.889. The second-order valence-electron chi connectivity index (χ2n) is 6.06. The first-order valence-corrected chi connectivity index (χ1v) is 8.25. The SMILES string of the molecule is C[C@H]1CCCN(CCCNC(=O)Cc2cccc(Cl)c2)C1. The first-order chi connectivity index (χ1) is 10.1. The van der Waals surface area contributed by atoms with Crippen LogP contribution in [0.1, 0.15) is 31.7 Å². The van der Waals surface area contributed by atoms with Gasteiger partial charge in [0.1, 0.15) is 0 Å². The van der Waals surface area contributed by atoms with E-state index in [0.29, 0.717) is 11.4 Å². The van der Waals surface area contributed by atoms with Crippen LogP contribution in [0.25, 0.3) is 0 Å². The Morgan fingerprint density at radius 2 is 2.33 bits per heavy atom. The first kappa shape index (κ1) is 16.3. The molecule has 116 valence electrons. The molecule has 0 radical (unpaired) electrons. The monoisotopic (exact) mass is 308 g/mol. The Morgan fingerprint density at radius 3 is 3.10 bits per heavy atom. The summed E-state index contributed by atoms with van der Waals surface area (Å²) in [6, 6.07) is 7.47. The number of nitrogens with one attached hydrogen (secondary N) is 1. The maximum absolute atomic E-state index is 11.9. The highest BCUT2D eigenvalue weighted by molar-refractivity contribution is 6.30. The number of likely N-dealkylation sites (tertiary alicyclic amines) is 1. The van der Waals surface area contributed by atoms with E-state index in [2.05, 4.69) is 17.1 Å². The molecule has 0 saturated carbocycles. The number of carbonyl (C=O) groups is 1. The number of piperidine rings is 1. The fraction of sp³-hybridized carbons (Fsp3) is 0.588. The molecule has 0 spiro atoms. The number of nitrogens with zero attached hydrogens (tertiary/aromatic N) is 1. The van der Waals surface area contributed by atoms with Crippen molar-refractivity contribution in [1.29, 1.82) is 0 Å². The number of halogens is 1. The predicted octanol–water partition coefficient (Wildman–Crippen LogP) is 3.12. The number of hydrogen-bond acceptors (Lipinski definition) is 2. The Labute approximate surface area is 132 Å². The minimum atomic E-state index is 0.0734. The Hall–Kier alpha value is -1.06. The van der Waals surface area contributed by atoms with E-state index in [0.717, 1.165) is 31.0 Å². The molecule has 1 heterocycles.